The Morgan fingerprint density at radius 1 is 1.47 bits per heavy atom. The van der Waals surface area contributed by atoms with E-state index in [9.17, 15) is 9.90 Å². The molecule has 0 spiro atoms. The minimum Gasteiger partial charge on any atom is -0.469 e. The minimum atomic E-state index is -0.818. The molecular formula is C13H15NO3. The molecule has 2 rings (SSSR count). The first-order valence-corrected chi connectivity index (χ1v) is 5.41. The summed E-state index contributed by atoms with van der Waals surface area (Å²) < 4.78 is 6.51. The van der Waals surface area contributed by atoms with Crippen molar-refractivity contribution in [2.24, 2.45) is 7.05 Å². The van der Waals surface area contributed by atoms with Gasteiger partial charge in [-0.15, -0.1) is 0 Å². The van der Waals surface area contributed by atoms with Crippen LogP contribution >= 0.6 is 0 Å². The standard InChI is InChI=1S/C13H15NO3/c1-14-6-5-9-3-4-10(7-11(9)14)12(15)8-13(16)17-2/h3-7,12,15H,8H2,1-2H3/t12-/m0/s1. The average Bonchev–Trinajstić information content (AvgIpc) is 2.70. The van der Waals surface area contributed by atoms with Crippen LogP contribution in [0, 0.1) is 0 Å². The van der Waals surface area contributed by atoms with Gasteiger partial charge in [-0.3, -0.25) is 4.79 Å². The molecule has 0 radical (unpaired) electrons. The first kappa shape index (κ1) is 11.7. The predicted molar refractivity (Wildman–Crippen MR) is 64.5 cm³/mol. The van der Waals surface area contributed by atoms with Crippen molar-refractivity contribution in [3.8, 4) is 0 Å². The van der Waals surface area contributed by atoms with E-state index < -0.39 is 12.1 Å². The zero-order valence-electron chi connectivity index (χ0n) is 9.88. The molecule has 4 heteroatoms. The fourth-order valence-corrected chi connectivity index (χ4v) is 1.85. The molecular weight excluding hydrogens is 218 g/mol. The molecule has 1 heterocycles. The van der Waals surface area contributed by atoms with Gasteiger partial charge in [0.05, 0.1) is 19.6 Å². The number of aliphatic hydroxyl groups is 1. The molecule has 1 aromatic carbocycles. The van der Waals surface area contributed by atoms with E-state index in [1.807, 2.05) is 42.1 Å². The van der Waals surface area contributed by atoms with E-state index in [0.29, 0.717) is 0 Å². The zero-order chi connectivity index (χ0) is 12.4. The topological polar surface area (TPSA) is 51.5 Å². The van der Waals surface area contributed by atoms with Crippen molar-refractivity contribution in [2.75, 3.05) is 7.11 Å². The highest BCUT2D eigenvalue weighted by Gasteiger charge is 2.14. The van der Waals surface area contributed by atoms with Crippen molar-refractivity contribution in [1.82, 2.24) is 4.57 Å². The maximum Gasteiger partial charge on any atom is 0.308 e. The van der Waals surface area contributed by atoms with Crippen LogP contribution in [0.3, 0.4) is 0 Å². The number of aliphatic hydroxyl groups excluding tert-OH is 1. The second kappa shape index (κ2) is 4.59. The number of methoxy groups -OCH3 is 1. The van der Waals surface area contributed by atoms with Gasteiger partial charge < -0.3 is 14.4 Å². The van der Waals surface area contributed by atoms with Crippen LogP contribution in [0.4, 0.5) is 0 Å². The van der Waals surface area contributed by atoms with Crippen molar-refractivity contribution < 1.29 is 14.6 Å². The van der Waals surface area contributed by atoms with Gasteiger partial charge in [-0.05, 0) is 23.1 Å². The Morgan fingerprint density at radius 3 is 2.94 bits per heavy atom. The molecule has 1 atom stereocenters. The highest BCUT2D eigenvalue weighted by molar-refractivity contribution is 5.81. The second-order valence-electron chi connectivity index (χ2n) is 4.04. The monoisotopic (exact) mass is 233 g/mol. The molecule has 2 aromatic rings. The summed E-state index contributed by atoms with van der Waals surface area (Å²) >= 11 is 0. The molecule has 0 saturated heterocycles. The van der Waals surface area contributed by atoms with E-state index in [1.54, 1.807) is 0 Å². The highest BCUT2D eigenvalue weighted by Crippen LogP contribution is 2.23. The number of aromatic nitrogens is 1. The Bertz CT molecular complexity index is 545. The largest absolute Gasteiger partial charge is 0.469 e. The van der Waals surface area contributed by atoms with Gasteiger partial charge in [0.25, 0.3) is 0 Å². The number of esters is 1. The number of carbonyl (C=O) groups is 1. The summed E-state index contributed by atoms with van der Waals surface area (Å²) in [5, 5.41) is 11.0. The van der Waals surface area contributed by atoms with Crippen molar-refractivity contribution in [3.05, 3.63) is 36.0 Å². The molecule has 4 nitrogen and oxygen atoms in total. The molecule has 0 aliphatic carbocycles. The number of ether oxygens (including phenoxy) is 1. The molecule has 1 aromatic heterocycles. The Morgan fingerprint density at radius 2 is 2.24 bits per heavy atom. The van der Waals surface area contributed by atoms with Crippen molar-refractivity contribution >= 4 is 16.9 Å². The number of hydrogen-bond acceptors (Lipinski definition) is 3. The van der Waals surface area contributed by atoms with E-state index in [0.717, 1.165) is 16.5 Å². The Hall–Kier alpha value is -1.81. The highest BCUT2D eigenvalue weighted by atomic mass is 16.5. The quantitative estimate of drug-likeness (QED) is 0.822. The van der Waals surface area contributed by atoms with Crippen molar-refractivity contribution in [2.45, 2.75) is 12.5 Å². The summed E-state index contributed by atoms with van der Waals surface area (Å²) in [5.41, 5.74) is 1.76. The lowest BCUT2D eigenvalue weighted by atomic mass is 10.1. The third kappa shape index (κ3) is 2.31. The predicted octanol–water partition coefficient (Wildman–Crippen LogP) is 1.77. The van der Waals surface area contributed by atoms with Gasteiger partial charge in [0, 0.05) is 18.8 Å². The third-order valence-corrected chi connectivity index (χ3v) is 2.88. The van der Waals surface area contributed by atoms with Crippen LogP contribution in [-0.2, 0) is 16.6 Å². The second-order valence-corrected chi connectivity index (χ2v) is 4.04. The van der Waals surface area contributed by atoms with Crippen LogP contribution in [0.2, 0.25) is 0 Å². The summed E-state index contributed by atoms with van der Waals surface area (Å²) in [7, 11) is 3.26. The Kier molecular flexibility index (Phi) is 3.15. The van der Waals surface area contributed by atoms with Gasteiger partial charge >= 0.3 is 5.97 Å². The van der Waals surface area contributed by atoms with Gasteiger partial charge in [-0.1, -0.05) is 12.1 Å². The first-order valence-electron chi connectivity index (χ1n) is 5.41. The summed E-state index contributed by atoms with van der Waals surface area (Å²) in [6.07, 6.45) is 1.12. The minimum absolute atomic E-state index is 0.0214. The van der Waals surface area contributed by atoms with Gasteiger partial charge in [-0.25, -0.2) is 0 Å². The van der Waals surface area contributed by atoms with E-state index in [2.05, 4.69) is 4.74 Å². The number of rotatable bonds is 3. The molecule has 0 amide bonds. The number of hydrogen-bond donors (Lipinski definition) is 1. The van der Waals surface area contributed by atoms with Crippen molar-refractivity contribution in [3.63, 3.8) is 0 Å². The number of benzene rings is 1. The lowest BCUT2D eigenvalue weighted by molar-refractivity contribution is -0.142. The van der Waals surface area contributed by atoms with Crippen LogP contribution in [-0.4, -0.2) is 22.8 Å². The van der Waals surface area contributed by atoms with Crippen LogP contribution in [0.15, 0.2) is 30.5 Å². The molecule has 0 saturated carbocycles. The molecule has 0 unspecified atom stereocenters. The number of fused-ring (bicyclic) bond motifs is 1. The van der Waals surface area contributed by atoms with Crippen LogP contribution in [0.25, 0.3) is 10.9 Å². The molecule has 0 aliphatic rings. The molecule has 0 bridgehead atoms. The van der Waals surface area contributed by atoms with E-state index in [-0.39, 0.29) is 6.42 Å². The number of carbonyl (C=O) groups excluding carboxylic acids is 1. The summed E-state index contributed by atoms with van der Waals surface area (Å²) in [5.74, 6) is -0.413. The lowest BCUT2D eigenvalue weighted by Gasteiger charge is -2.10. The number of aryl methyl sites for hydroxylation is 1. The maximum absolute atomic E-state index is 11.1. The fourth-order valence-electron chi connectivity index (χ4n) is 1.85. The third-order valence-electron chi connectivity index (χ3n) is 2.88. The summed E-state index contributed by atoms with van der Waals surface area (Å²) in [6, 6.07) is 7.66. The number of nitrogens with zero attached hydrogens (tertiary/aromatic N) is 1. The van der Waals surface area contributed by atoms with Gasteiger partial charge in [0.2, 0.25) is 0 Å². The molecule has 1 N–H and O–H groups in total. The lowest BCUT2D eigenvalue weighted by Crippen LogP contribution is -2.08. The first-order chi connectivity index (χ1) is 8.11. The fraction of sp³-hybridized carbons (Fsp3) is 0.308. The average molecular weight is 233 g/mol. The molecule has 0 aliphatic heterocycles. The Labute approximate surface area is 99.4 Å². The Balaban J connectivity index is 2.29. The summed E-state index contributed by atoms with van der Waals surface area (Å²) in [6.45, 7) is 0. The van der Waals surface area contributed by atoms with Gasteiger partial charge in [0.1, 0.15) is 0 Å². The maximum atomic E-state index is 11.1. The van der Waals surface area contributed by atoms with Gasteiger partial charge in [-0.2, -0.15) is 0 Å². The van der Waals surface area contributed by atoms with Crippen LogP contribution in [0.5, 0.6) is 0 Å². The molecule has 0 fully saturated rings. The zero-order valence-corrected chi connectivity index (χ0v) is 9.88. The van der Waals surface area contributed by atoms with Crippen LogP contribution < -0.4 is 0 Å². The summed E-state index contributed by atoms with van der Waals surface area (Å²) in [4.78, 5) is 11.1. The van der Waals surface area contributed by atoms with E-state index in [4.69, 9.17) is 0 Å². The van der Waals surface area contributed by atoms with Gasteiger partial charge in [0.15, 0.2) is 0 Å². The smallest absolute Gasteiger partial charge is 0.308 e. The van der Waals surface area contributed by atoms with E-state index in [1.165, 1.54) is 7.11 Å². The SMILES string of the molecule is COC(=O)C[C@H](O)c1ccc2ccn(C)c2c1. The normalized spacial score (nSPS) is 12.6. The molecule has 17 heavy (non-hydrogen) atoms. The van der Waals surface area contributed by atoms with Crippen molar-refractivity contribution in [1.29, 1.82) is 0 Å². The van der Waals surface area contributed by atoms with E-state index >= 15 is 0 Å². The van der Waals surface area contributed by atoms with Crippen LogP contribution in [0.1, 0.15) is 18.1 Å². The molecule has 90 valence electrons.